The van der Waals surface area contributed by atoms with Gasteiger partial charge in [0.1, 0.15) is 0 Å². The van der Waals surface area contributed by atoms with Crippen LogP contribution in [-0.4, -0.2) is 23.5 Å². The Bertz CT molecular complexity index is 413. The highest BCUT2D eigenvalue weighted by Gasteiger charge is 2.24. The van der Waals surface area contributed by atoms with Gasteiger partial charge in [0.25, 0.3) is 5.91 Å². The van der Waals surface area contributed by atoms with Crippen LogP contribution in [0.1, 0.15) is 42.2 Å². The standard InChI is InChI=1S/C13H19N3O/c1-3-6-14-12-7-9(2)15-8-11(12)13(17)16-10-4-5-10/h7-8,10H,3-6H2,1-2H3,(H,14,15)(H,16,17). The van der Waals surface area contributed by atoms with Gasteiger partial charge < -0.3 is 10.6 Å². The average Bonchev–Trinajstić information content (AvgIpc) is 3.10. The second-order valence-corrected chi connectivity index (χ2v) is 4.55. The maximum atomic E-state index is 12.0. The first-order chi connectivity index (χ1) is 8.20. The number of carbonyl (C=O) groups is 1. The normalized spacial score (nSPS) is 14.5. The molecular weight excluding hydrogens is 214 g/mol. The monoisotopic (exact) mass is 233 g/mol. The summed E-state index contributed by atoms with van der Waals surface area (Å²) in [6.07, 6.45) is 4.89. The Morgan fingerprint density at radius 2 is 2.29 bits per heavy atom. The SMILES string of the molecule is CCCNc1cc(C)ncc1C(=O)NC1CC1. The number of aryl methyl sites for hydroxylation is 1. The second kappa shape index (κ2) is 5.17. The molecule has 4 heteroatoms. The molecule has 2 rings (SSSR count). The molecule has 1 fully saturated rings. The van der Waals surface area contributed by atoms with Crippen LogP contribution < -0.4 is 10.6 Å². The molecule has 0 unspecified atom stereocenters. The van der Waals surface area contributed by atoms with E-state index in [1.54, 1.807) is 6.20 Å². The molecule has 0 radical (unpaired) electrons. The molecule has 1 saturated carbocycles. The summed E-state index contributed by atoms with van der Waals surface area (Å²) in [4.78, 5) is 16.2. The first kappa shape index (κ1) is 11.9. The molecule has 0 saturated heterocycles. The summed E-state index contributed by atoms with van der Waals surface area (Å²) in [6, 6.07) is 2.31. The summed E-state index contributed by atoms with van der Waals surface area (Å²) in [7, 11) is 0. The zero-order valence-corrected chi connectivity index (χ0v) is 10.4. The van der Waals surface area contributed by atoms with Gasteiger partial charge in [0.05, 0.1) is 11.3 Å². The van der Waals surface area contributed by atoms with E-state index in [0.29, 0.717) is 11.6 Å². The van der Waals surface area contributed by atoms with E-state index in [1.165, 1.54) is 0 Å². The van der Waals surface area contributed by atoms with Crippen LogP contribution in [0.4, 0.5) is 5.69 Å². The van der Waals surface area contributed by atoms with E-state index in [2.05, 4.69) is 22.5 Å². The lowest BCUT2D eigenvalue weighted by Crippen LogP contribution is -2.26. The van der Waals surface area contributed by atoms with E-state index < -0.39 is 0 Å². The fraction of sp³-hybridized carbons (Fsp3) is 0.538. The first-order valence-corrected chi connectivity index (χ1v) is 6.22. The van der Waals surface area contributed by atoms with Crippen molar-refractivity contribution < 1.29 is 4.79 Å². The first-order valence-electron chi connectivity index (χ1n) is 6.22. The number of rotatable bonds is 5. The van der Waals surface area contributed by atoms with Crippen molar-refractivity contribution >= 4 is 11.6 Å². The Morgan fingerprint density at radius 1 is 1.53 bits per heavy atom. The van der Waals surface area contributed by atoms with Gasteiger partial charge in [0.2, 0.25) is 0 Å². The Balaban J connectivity index is 2.14. The third-order valence-electron chi connectivity index (χ3n) is 2.76. The Hall–Kier alpha value is -1.58. The van der Waals surface area contributed by atoms with Crippen molar-refractivity contribution in [3.8, 4) is 0 Å². The Morgan fingerprint density at radius 3 is 2.94 bits per heavy atom. The van der Waals surface area contributed by atoms with Gasteiger partial charge in [-0.2, -0.15) is 0 Å². The molecule has 1 amide bonds. The number of hydrogen-bond acceptors (Lipinski definition) is 3. The fourth-order valence-electron chi connectivity index (χ4n) is 1.64. The number of nitrogens with zero attached hydrogens (tertiary/aromatic N) is 1. The molecule has 0 atom stereocenters. The predicted octanol–water partition coefficient (Wildman–Crippen LogP) is 2.10. The van der Waals surface area contributed by atoms with E-state index in [4.69, 9.17) is 0 Å². The summed E-state index contributed by atoms with van der Waals surface area (Å²) in [5, 5.41) is 6.26. The van der Waals surface area contributed by atoms with Crippen LogP contribution in [0.5, 0.6) is 0 Å². The Kier molecular flexibility index (Phi) is 3.61. The molecular formula is C13H19N3O. The number of anilines is 1. The molecule has 1 aromatic rings. The van der Waals surface area contributed by atoms with Crippen LogP contribution in [0.3, 0.4) is 0 Å². The van der Waals surface area contributed by atoms with Crippen molar-refractivity contribution in [1.82, 2.24) is 10.3 Å². The molecule has 2 N–H and O–H groups in total. The van der Waals surface area contributed by atoms with Crippen LogP contribution in [0.15, 0.2) is 12.3 Å². The second-order valence-electron chi connectivity index (χ2n) is 4.55. The lowest BCUT2D eigenvalue weighted by atomic mass is 10.2. The topological polar surface area (TPSA) is 54.0 Å². The van der Waals surface area contributed by atoms with Gasteiger partial charge in [-0.15, -0.1) is 0 Å². The van der Waals surface area contributed by atoms with Crippen molar-refractivity contribution in [3.63, 3.8) is 0 Å². The minimum absolute atomic E-state index is 0.0152. The van der Waals surface area contributed by atoms with Crippen molar-refractivity contribution in [2.45, 2.75) is 39.2 Å². The molecule has 92 valence electrons. The molecule has 0 aromatic carbocycles. The third kappa shape index (κ3) is 3.19. The highest BCUT2D eigenvalue weighted by Crippen LogP contribution is 2.21. The van der Waals surface area contributed by atoms with Gasteiger partial charge in [-0.05, 0) is 32.3 Å². The molecule has 4 nitrogen and oxygen atoms in total. The number of carbonyl (C=O) groups excluding carboxylic acids is 1. The fourth-order valence-corrected chi connectivity index (χ4v) is 1.64. The number of amides is 1. The molecule has 17 heavy (non-hydrogen) atoms. The highest BCUT2D eigenvalue weighted by atomic mass is 16.1. The summed E-state index contributed by atoms with van der Waals surface area (Å²) < 4.78 is 0. The van der Waals surface area contributed by atoms with Crippen molar-refractivity contribution in [1.29, 1.82) is 0 Å². The van der Waals surface area contributed by atoms with Gasteiger partial charge in [0.15, 0.2) is 0 Å². The molecule has 0 bridgehead atoms. The summed E-state index contributed by atoms with van der Waals surface area (Å²) >= 11 is 0. The van der Waals surface area contributed by atoms with Gasteiger partial charge >= 0.3 is 0 Å². The van der Waals surface area contributed by atoms with E-state index >= 15 is 0 Å². The molecule has 0 spiro atoms. The number of hydrogen-bond donors (Lipinski definition) is 2. The van der Waals surface area contributed by atoms with E-state index in [-0.39, 0.29) is 5.91 Å². The maximum Gasteiger partial charge on any atom is 0.255 e. The number of nitrogens with one attached hydrogen (secondary N) is 2. The zero-order chi connectivity index (χ0) is 12.3. The maximum absolute atomic E-state index is 12.0. The van der Waals surface area contributed by atoms with Gasteiger partial charge in [0, 0.05) is 24.5 Å². The average molecular weight is 233 g/mol. The largest absolute Gasteiger partial charge is 0.384 e. The molecule has 1 heterocycles. The van der Waals surface area contributed by atoms with E-state index in [9.17, 15) is 4.79 Å². The minimum Gasteiger partial charge on any atom is -0.384 e. The summed E-state index contributed by atoms with van der Waals surface area (Å²) in [5.74, 6) is -0.0152. The third-order valence-corrected chi connectivity index (χ3v) is 2.76. The number of aromatic nitrogens is 1. The molecule has 1 aliphatic rings. The number of pyridine rings is 1. The van der Waals surface area contributed by atoms with Crippen molar-refractivity contribution in [2.75, 3.05) is 11.9 Å². The van der Waals surface area contributed by atoms with Crippen LogP contribution >= 0.6 is 0 Å². The van der Waals surface area contributed by atoms with Crippen LogP contribution in [0, 0.1) is 6.92 Å². The highest BCUT2D eigenvalue weighted by molar-refractivity contribution is 5.99. The summed E-state index contributed by atoms with van der Waals surface area (Å²) in [6.45, 7) is 4.90. The van der Waals surface area contributed by atoms with Crippen molar-refractivity contribution in [3.05, 3.63) is 23.5 Å². The quantitative estimate of drug-likeness (QED) is 0.819. The lowest BCUT2D eigenvalue weighted by molar-refractivity contribution is 0.0951. The van der Waals surface area contributed by atoms with Gasteiger partial charge in [-0.1, -0.05) is 6.92 Å². The van der Waals surface area contributed by atoms with Crippen LogP contribution in [0.25, 0.3) is 0 Å². The predicted molar refractivity (Wildman–Crippen MR) is 68.2 cm³/mol. The smallest absolute Gasteiger partial charge is 0.255 e. The van der Waals surface area contributed by atoms with Crippen molar-refractivity contribution in [2.24, 2.45) is 0 Å². The lowest BCUT2D eigenvalue weighted by Gasteiger charge is -2.11. The van der Waals surface area contributed by atoms with Gasteiger partial charge in [-0.3, -0.25) is 9.78 Å². The zero-order valence-electron chi connectivity index (χ0n) is 10.4. The molecule has 1 aliphatic carbocycles. The minimum atomic E-state index is -0.0152. The Labute approximate surface area is 102 Å². The molecule has 1 aromatic heterocycles. The van der Waals surface area contributed by atoms with Crippen LogP contribution in [0.2, 0.25) is 0 Å². The van der Waals surface area contributed by atoms with Gasteiger partial charge in [-0.25, -0.2) is 0 Å². The van der Waals surface area contributed by atoms with E-state index in [0.717, 1.165) is 37.2 Å². The summed E-state index contributed by atoms with van der Waals surface area (Å²) in [5.41, 5.74) is 2.46. The molecule has 0 aliphatic heterocycles. The van der Waals surface area contributed by atoms with E-state index in [1.807, 2.05) is 13.0 Å². The van der Waals surface area contributed by atoms with Crippen LogP contribution in [-0.2, 0) is 0 Å².